The van der Waals surface area contributed by atoms with E-state index in [1.165, 1.54) is 11.3 Å². The van der Waals surface area contributed by atoms with Crippen LogP contribution in [0.15, 0.2) is 42.0 Å². The van der Waals surface area contributed by atoms with E-state index in [1.54, 1.807) is 17.5 Å². The number of carbonyl (C=O) groups excluding carboxylic acids is 1. The quantitative estimate of drug-likeness (QED) is 0.779. The Bertz CT molecular complexity index is 751. The second kappa shape index (κ2) is 6.81. The van der Waals surface area contributed by atoms with Crippen molar-refractivity contribution < 1.29 is 4.79 Å². The highest BCUT2D eigenvalue weighted by Gasteiger charge is 2.16. The first-order valence-corrected chi connectivity index (χ1v) is 8.62. The Morgan fingerprint density at radius 3 is 2.95 bits per heavy atom. The highest BCUT2D eigenvalue weighted by molar-refractivity contribution is 7.22. The number of nitrogens with zero attached hydrogens (tertiary/aromatic N) is 2. The van der Waals surface area contributed by atoms with Crippen LogP contribution in [0.2, 0.25) is 0 Å². The smallest absolute Gasteiger partial charge is 0.263 e. The molecule has 1 amide bonds. The molecule has 0 radical (unpaired) electrons. The summed E-state index contributed by atoms with van der Waals surface area (Å²) in [6.45, 7) is 2.47. The predicted molar refractivity (Wildman–Crippen MR) is 90.4 cm³/mol. The maximum absolute atomic E-state index is 12.3. The van der Waals surface area contributed by atoms with Crippen molar-refractivity contribution in [3.8, 4) is 9.88 Å². The highest BCUT2D eigenvalue weighted by Crippen LogP contribution is 2.30. The maximum atomic E-state index is 12.3. The van der Waals surface area contributed by atoms with Crippen LogP contribution in [-0.4, -0.2) is 22.4 Å². The van der Waals surface area contributed by atoms with Crippen LogP contribution in [0.5, 0.6) is 0 Å². The van der Waals surface area contributed by atoms with Crippen molar-refractivity contribution >= 4 is 28.6 Å². The first-order valence-electron chi connectivity index (χ1n) is 6.92. The van der Waals surface area contributed by atoms with E-state index in [0.29, 0.717) is 11.4 Å². The molecule has 0 aliphatic rings. The molecule has 4 nitrogen and oxygen atoms in total. The van der Waals surface area contributed by atoms with Gasteiger partial charge in [-0.15, -0.1) is 22.7 Å². The number of amides is 1. The van der Waals surface area contributed by atoms with Gasteiger partial charge in [-0.3, -0.25) is 9.78 Å². The minimum atomic E-state index is -0.0540. The first kappa shape index (κ1) is 14.9. The number of pyridine rings is 1. The molecule has 1 N–H and O–H groups in total. The molecule has 0 aliphatic heterocycles. The molecule has 112 valence electrons. The molecule has 3 heterocycles. The van der Waals surface area contributed by atoms with Gasteiger partial charge in [0.05, 0.1) is 10.6 Å². The number of carbonyl (C=O) groups is 1. The molecule has 0 unspecified atom stereocenters. The Morgan fingerprint density at radius 2 is 2.23 bits per heavy atom. The molecular formula is C16H15N3OS2. The normalized spacial score (nSPS) is 10.6. The third-order valence-electron chi connectivity index (χ3n) is 3.16. The zero-order valence-corrected chi connectivity index (χ0v) is 13.7. The van der Waals surface area contributed by atoms with Crippen LogP contribution in [0.25, 0.3) is 9.88 Å². The first-order chi connectivity index (χ1) is 10.7. The summed E-state index contributed by atoms with van der Waals surface area (Å²) in [4.78, 5) is 22.6. The van der Waals surface area contributed by atoms with Gasteiger partial charge in [-0.25, -0.2) is 4.98 Å². The van der Waals surface area contributed by atoms with E-state index in [9.17, 15) is 4.79 Å². The molecule has 0 aromatic carbocycles. The van der Waals surface area contributed by atoms with Gasteiger partial charge < -0.3 is 5.32 Å². The van der Waals surface area contributed by atoms with E-state index in [1.807, 2.05) is 42.8 Å². The van der Waals surface area contributed by atoms with Crippen molar-refractivity contribution in [3.05, 3.63) is 58.2 Å². The second-order valence-electron chi connectivity index (χ2n) is 4.78. The van der Waals surface area contributed by atoms with E-state index >= 15 is 0 Å². The van der Waals surface area contributed by atoms with E-state index < -0.39 is 0 Å². The molecule has 0 saturated carbocycles. The number of thiophene rings is 1. The summed E-state index contributed by atoms with van der Waals surface area (Å²) in [6, 6.07) is 7.92. The van der Waals surface area contributed by atoms with Gasteiger partial charge in [-0.05, 0) is 36.4 Å². The summed E-state index contributed by atoms with van der Waals surface area (Å²) in [5.41, 5.74) is 1.90. The van der Waals surface area contributed by atoms with Crippen LogP contribution in [0.3, 0.4) is 0 Å². The number of thiazole rings is 1. The van der Waals surface area contributed by atoms with Gasteiger partial charge >= 0.3 is 0 Å². The van der Waals surface area contributed by atoms with Gasteiger partial charge in [0.1, 0.15) is 9.88 Å². The molecule has 0 saturated heterocycles. The summed E-state index contributed by atoms with van der Waals surface area (Å²) in [6.07, 6.45) is 4.34. The topological polar surface area (TPSA) is 54.9 Å². The van der Waals surface area contributed by atoms with Gasteiger partial charge in [-0.2, -0.15) is 0 Å². The van der Waals surface area contributed by atoms with Crippen LogP contribution < -0.4 is 5.32 Å². The van der Waals surface area contributed by atoms with Crippen LogP contribution in [-0.2, 0) is 6.42 Å². The van der Waals surface area contributed by atoms with Crippen LogP contribution >= 0.6 is 22.7 Å². The Hall–Kier alpha value is -2.05. The minimum Gasteiger partial charge on any atom is -0.351 e. The summed E-state index contributed by atoms with van der Waals surface area (Å²) in [7, 11) is 0. The summed E-state index contributed by atoms with van der Waals surface area (Å²) in [5, 5.41) is 5.87. The number of hydrogen-bond donors (Lipinski definition) is 1. The number of rotatable bonds is 5. The van der Waals surface area contributed by atoms with Crippen molar-refractivity contribution in [2.24, 2.45) is 0 Å². The highest BCUT2D eigenvalue weighted by atomic mass is 32.1. The zero-order valence-electron chi connectivity index (χ0n) is 12.1. The lowest BCUT2D eigenvalue weighted by Crippen LogP contribution is -2.25. The number of nitrogens with one attached hydrogen (secondary N) is 1. The summed E-state index contributed by atoms with van der Waals surface area (Å²) in [5.74, 6) is -0.0540. The van der Waals surface area contributed by atoms with Crippen molar-refractivity contribution in [1.82, 2.24) is 15.3 Å². The molecule has 0 aliphatic carbocycles. The molecule has 3 aromatic heterocycles. The summed E-state index contributed by atoms with van der Waals surface area (Å²) < 4.78 is 0. The Morgan fingerprint density at radius 1 is 1.32 bits per heavy atom. The summed E-state index contributed by atoms with van der Waals surface area (Å²) >= 11 is 3.08. The van der Waals surface area contributed by atoms with Crippen molar-refractivity contribution in [2.45, 2.75) is 13.3 Å². The Labute approximate surface area is 136 Å². The minimum absolute atomic E-state index is 0.0540. The lowest BCUT2D eigenvalue weighted by atomic mass is 10.2. The average Bonchev–Trinajstić information content (AvgIpc) is 3.17. The lowest BCUT2D eigenvalue weighted by Gasteiger charge is -2.03. The van der Waals surface area contributed by atoms with Gasteiger partial charge in [-0.1, -0.05) is 12.1 Å². The van der Waals surface area contributed by atoms with Crippen molar-refractivity contribution in [1.29, 1.82) is 0 Å². The standard InChI is InChI=1S/C16H15N3OS2/c1-11-14(22-16(19-11)13-5-3-9-21-13)15(20)18-8-6-12-4-2-7-17-10-12/h2-5,7,9-10H,6,8H2,1H3,(H,18,20). The predicted octanol–water partition coefficient (Wildman–Crippen LogP) is 3.55. The van der Waals surface area contributed by atoms with Crippen LogP contribution in [0.1, 0.15) is 20.9 Å². The third kappa shape index (κ3) is 3.40. The number of aromatic nitrogens is 2. The van der Waals surface area contributed by atoms with E-state index in [0.717, 1.165) is 27.6 Å². The van der Waals surface area contributed by atoms with Crippen LogP contribution in [0, 0.1) is 6.92 Å². The van der Waals surface area contributed by atoms with Crippen molar-refractivity contribution in [3.63, 3.8) is 0 Å². The fourth-order valence-corrected chi connectivity index (χ4v) is 3.84. The van der Waals surface area contributed by atoms with E-state index in [2.05, 4.69) is 15.3 Å². The van der Waals surface area contributed by atoms with Gasteiger partial charge in [0, 0.05) is 18.9 Å². The second-order valence-corrected chi connectivity index (χ2v) is 6.72. The number of aryl methyl sites for hydroxylation is 1. The van der Waals surface area contributed by atoms with Gasteiger partial charge in [0.25, 0.3) is 5.91 Å². The fourth-order valence-electron chi connectivity index (χ4n) is 2.06. The van der Waals surface area contributed by atoms with Gasteiger partial charge in [0.15, 0.2) is 0 Å². The average molecular weight is 329 g/mol. The monoisotopic (exact) mass is 329 g/mol. The van der Waals surface area contributed by atoms with E-state index in [-0.39, 0.29) is 5.91 Å². The third-order valence-corrected chi connectivity index (χ3v) is 5.35. The van der Waals surface area contributed by atoms with Crippen molar-refractivity contribution in [2.75, 3.05) is 6.54 Å². The largest absolute Gasteiger partial charge is 0.351 e. The zero-order chi connectivity index (χ0) is 15.4. The van der Waals surface area contributed by atoms with Crippen LogP contribution in [0.4, 0.5) is 0 Å². The molecule has 3 rings (SSSR count). The molecule has 6 heteroatoms. The van der Waals surface area contributed by atoms with Gasteiger partial charge in [0.2, 0.25) is 0 Å². The Kier molecular flexibility index (Phi) is 4.60. The molecule has 22 heavy (non-hydrogen) atoms. The molecule has 0 atom stereocenters. The molecular weight excluding hydrogens is 314 g/mol. The van der Waals surface area contributed by atoms with E-state index in [4.69, 9.17) is 0 Å². The maximum Gasteiger partial charge on any atom is 0.263 e. The fraction of sp³-hybridized carbons (Fsp3) is 0.188. The number of hydrogen-bond acceptors (Lipinski definition) is 5. The lowest BCUT2D eigenvalue weighted by molar-refractivity contribution is 0.0957. The molecule has 0 bridgehead atoms. The Balaban J connectivity index is 1.63. The molecule has 0 spiro atoms. The molecule has 0 fully saturated rings. The molecule has 3 aromatic rings. The SMILES string of the molecule is Cc1nc(-c2cccs2)sc1C(=O)NCCc1cccnc1.